The van der Waals surface area contributed by atoms with Gasteiger partial charge in [-0.2, -0.15) is 0 Å². The highest BCUT2D eigenvalue weighted by atomic mass is 127. The van der Waals surface area contributed by atoms with Gasteiger partial charge < -0.3 is 20.7 Å². The average molecular weight is 550 g/mol. The standard InChI is InChI=1S/C21H35N5O2S.HI/c1-3-22-20(23-14-17(16-9-10-16)25-21(27)28-4-2)24-15-18(19-8-7-13-29-19)26-11-5-6-12-26;/h7-8,13,16-18H,3-6,9-12,14-15H2,1-2H3,(H,25,27)(H2,22,23,24);1H. The molecule has 1 saturated carbocycles. The molecule has 1 saturated heterocycles. The molecule has 3 N–H and O–H groups in total. The van der Waals surface area contributed by atoms with Crippen molar-refractivity contribution in [1.29, 1.82) is 0 Å². The van der Waals surface area contributed by atoms with Crippen LogP contribution >= 0.6 is 35.3 Å². The van der Waals surface area contributed by atoms with E-state index in [1.54, 1.807) is 0 Å². The van der Waals surface area contributed by atoms with E-state index in [2.05, 4.69) is 45.3 Å². The first-order valence-corrected chi connectivity index (χ1v) is 11.8. The third-order valence-corrected chi connectivity index (χ3v) is 6.45. The molecule has 0 bridgehead atoms. The summed E-state index contributed by atoms with van der Waals surface area (Å²) in [4.78, 5) is 20.7. The molecule has 9 heteroatoms. The maximum Gasteiger partial charge on any atom is 0.407 e. The lowest BCUT2D eigenvalue weighted by molar-refractivity contribution is 0.146. The molecular formula is C21H36IN5O2S. The van der Waals surface area contributed by atoms with Crippen molar-refractivity contribution in [2.75, 3.05) is 39.3 Å². The molecule has 7 nitrogen and oxygen atoms in total. The summed E-state index contributed by atoms with van der Waals surface area (Å²) < 4.78 is 5.05. The van der Waals surface area contributed by atoms with E-state index in [0.29, 0.717) is 25.1 Å². The Morgan fingerprint density at radius 3 is 2.67 bits per heavy atom. The summed E-state index contributed by atoms with van der Waals surface area (Å²) in [5.74, 6) is 1.34. The van der Waals surface area contributed by atoms with Gasteiger partial charge in [-0.25, -0.2) is 4.79 Å². The third-order valence-electron chi connectivity index (χ3n) is 5.48. The zero-order valence-electron chi connectivity index (χ0n) is 18.1. The van der Waals surface area contributed by atoms with Crippen LogP contribution in [-0.4, -0.2) is 62.3 Å². The van der Waals surface area contributed by atoms with Gasteiger partial charge in [0.2, 0.25) is 0 Å². The minimum Gasteiger partial charge on any atom is -0.450 e. The molecule has 2 unspecified atom stereocenters. The van der Waals surface area contributed by atoms with E-state index in [1.807, 2.05) is 18.3 Å². The summed E-state index contributed by atoms with van der Waals surface area (Å²) in [5.41, 5.74) is 0. The van der Waals surface area contributed by atoms with Gasteiger partial charge in [0.15, 0.2) is 5.96 Å². The molecule has 0 radical (unpaired) electrons. The van der Waals surface area contributed by atoms with E-state index < -0.39 is 0 Å². The van der Waals surface area contributed by atoms with Crippen LogP contribution in [-0.2, 0) is 4.74 Å². The summed E-state index contributed by atoms with van der Waals surface area (Å²) in [6, 6.07) is 4.75. The van der Waals surface area contributed by atoms with Gasteiger partial charge >= 0.3 is 6.09 Å². The van der Waals surface area contributed by atoms with E-state index in [9.17, 15) is 4.79 Å². The van der Waals surface area contributed by atoms with Crippen LogP contribution in [0.15, 0.2) is 22.5 Å². The average Bonchev–Trinajstić information content (AvgIpc) is 3.17. The molecule has 1 aromatic heterocycles. The van der Waals surface area contributed by atoms with Gasteiger partial charge in [0.25, 0.3) is 0 Å². The van der Waals surface area contributed by atoms with Crippen molar-refractivity contribution in [3.05, 3.63) is 22.4 Å². The second kappa shape index (κ2) is 13.4. The van der Waals surface area contributed by atoms with Crippen LogP contribution in [0, 0.1) is 5.92 Å². The molecule has 170 valence electrons. The normalized spacial score (nSPS) is 18.9. The minimum absolute atomic E-state index is 0. The Kier molecular flexibility index (Phi) is 11.2. The van der Waals surface area contributed by atoms with Crippen molar-refractivity contribution in [3.63, 3.8) is 0 Å². The van der Waals surface area contributed by atoms with Crippen LogP contribution in [0.25, 0.3) is 0 Å². The number of nitrogens with zero attached hydrogens (tertiary/aromatic N) is 2. The number of amides is 1. The maximum absolute atomic E-state index is 11.8. The van der Waals surface area contributed by atoms with Crippen LogP contribution < -0.4 is 16.0 Å². The number of rotatable bonds is 10. The number of hydrogen-bond acceptors (Lipinski definition) is 5. The molecule has 0 spiro atoms. The number of carbonyl (C=O) groups is 1. The molecule has 2 atom stereocenters. The first kappa shape index (κ1) is 25.2. The first-order valence-electron chi connectivity index (χ1n) is 10.9. The molecular weight excluding hydrogens is 513 g/mol. The molecule has 1 aromatic rings. The topological polar surface area (TPSA) is 78.0 Å². The molecule has 1 amide bonds. The van der Waals surface area contributed by atoms with Gasteiger partial charge in [-0.1, -0.05) is 6.07 Å². The molecule has 2 heterocycles. The monoisotopic (exact) mass is 549 g/mol. The quantitative estimate of drug-likeness (QED) is 0.236. The van der Waals surface area contributed by atoms with Crippen LogP contribution in [0.2, 0.25) is 0 Å². The van der Waals surface area contributed by atoms with Crippen molar-refractivity contribution >= 4 is 47.4 Å². The summed E-state index contributed by atoms with van der Waals surface area (Å²) in [7, 11) is 0. The highest BCUT2D eigenvalue weighted by Gasteiger charge is 2.32. The lowest BCUT2D eigenvalue weighted by Crippen LogP contribution is -2.48. The maximum atomic E-state index is 11.8. The molecule has 1 aliphatic carbocycles. The lowest BCUT2D eigenvalue weighted by Gasteiger charge is -2.26. The number of ether oxygens (including phenoxy) is 1. The molecule has 30 heavy (non-hydrogen) atoms. The third kappa shape index (κ3) is 7.88. The zero-order valence-corrected chi connectivity index (χ0v) is 21.2. The SMILES string of the molecule is CCNC(=NCC(c1cccs1)N1CCCC1)NCC(NC(=O)OCC)C1CC1.I. The number of halogens is 1. The van der Waals surface area contributed by atoms with Crippen LogP contribution in [0.3, 0.4) is 0 Å². The smallest absolute Gasteiger partial charge is 0.407 e. The molecule has 2 aliphatic rings. The second-order valence-electron chi connectivity index (χ2n) is 7.68. The summed E-state index contributed by atoms with van der Waals surface area (Å²) in [6.45, 7) is 8.77. The van der Waals surface area contributed by atoms with Crippen molar-refractivity contribution in [3.8, 4) is 0 Å². The van der Waals surface area contributed by atoms with Crippen LogP contribution in [0.1, 0.15) is 50.4 Å². The summed E-state index contributed by atoms with van der Waals surface area (Å²) >= 11 is 1.81. The number of carbonyl (C=O) groups excluding carboxylic acids is 1. The Hall–Kier alpha value is -1.07. The Morgan fingerprint density at radius 1 is 1.30 bits per heavy atom. The van der Waals surface area contributed by atoms with Crippen molar-refractivity contribution < 1.29 is 9.53 Å². The molecule has 3 rings (SSSR count). The fourth-order valence-electron chi connectivity index (χ4n) is 3.80. The molecule has 1 aliphatic heterocycles. The van der Waals surface area contributed by atoms with Crippen LogP contribution in [0.5, 0.6) is 0 Å². The number of thiophene rings is 1. The van der Waals surface area contributed by atoms with Gasteiger partial charge in [0, 0.05) is 18.0 Å². The largest absolute Gasteiger partial charge is 0.450 e. The highest BCUT2D eigenvalue weighted by Crippen LogP contribution is 2.32. The predicted octanol–water partition coefficient (Wildman–Crippen LogP) is 3.58. The van der Waals surface area contributed by atoms with Crippen molar-refractivity contribution in [2.24, 2.45) is 10.9 Å². The Balaban J connectivity index is 0.00000320. The number of guanidine groups is 1. The van der Waals surface area contributed by atoms with Gasteiger partial charge in [-0.3, -0.25) is 9.89 Å². The van der Waals surface area contributed by atoms with Gasteiger partial charge in [-0.05, 0) is 70.0 Å². The van der Waals surface area contributed by atoms with E-state index in [0.717, 1.165) is 45.0 Å². The first-order chi connectivity index (χ1) is 14.2. The van der Waals surface area contributed by atoms with Crippen LogP contribution in [0.4, 0.5) is 4.79 Å². The molecule has 0 aromatic carbocycles. The van der Waals surface area contributed by atoms with E-state index in [-0.39, 0.29) is 36.1 Å². The zero-order chi connectivity index (χ0) is 20.5. The number of hydrogen-bond donors (Lipinski definition) is 3. The predicted molar refractivity (Wildman–Crippen MR) is 134 cm³/mol. The minimum atomic E-state index is -0.333. The summed E-state index contributed by atoms with van der Waals surface area (Å²) in [6.07, 6.45) is 4.52. The van der Waals surface area contributed by atoms with E-state index in [4.69, 9.17) is 9.73 Å². The fraction of sp³-hybridized carbons (Fsp3) is 0.714. The molecule has 2 fully saturated rings. The van der Waals surface area contributed by atoms with Gasteiger partial charge in [0.05, 0.1) is 25.2 Å². The Morgan fingerprint density at radius 2 is 2.07 bits per heavy atom. The summed E-state index contributed by atoms with van der Waals surface area (Å²) in [5, 5.41) is 11.9. The number of alkyl carbamates (subject to hydrolysis) is 1. The number of aliphatic imine (C=N–C) groups is 1. The highest BCUT2D eigenvalue weighted by molar-refractivity contribution is 14.0. The van der Waals surface area contributed by atoms with Gasteiger partial charge in [-0.15, -0.1) is 35.3 Å². The number of nitrogens with one attached hydrogen (secondary N) is 3. The number of likely N-dealkylation sites (tertiary alicyclic amines) is 1. The van der Waals surface area contributed by atoms with Crippen molar-refractivity contribution in [2.45, 2.75) is 51.6 Å². The Labute approximate surface area is 201 Å². The Bertz CT molecular complexity index is 648. The van der Waals surface area contributed by atoms with E-state index >= 15 is 0 Å². The van der Waals surface area contributed by atoms with E-state index in [1.165, 1.54) is 17.7 Å². The second-order valence-corrected chi connectivity index (χ2v) is 8.66. The fourth-order valence-corrected chi connectivity index (χ4v) is 4.66. The lowest BCUT2D eigenvalue weighted by atomic mass is 10.2. The van der Waals surface area contributed by atoms with Crippen molar-refractivity contribution in [1.82, 2.24) is 20.9 Å². The van der Waals surface area contributed by atoms with Gasteiger partial charge in [0.1, 0.15) is 0 Å².